The second-order valence-corrected chi connectivity index (χ2v) is 7.82. The standard InChI is InChI=1S/C15H18NO4PS/c1-2-14(12-7-8-22-10-12)21(19,20)16-13-6-4-3-5-11(13)9-15(17)18/h3-8,10,14H,2,9H2,1H3,(H,17,18)(H2,16,19,20). The van der Waals surface area contributed by atoms with Gasteiger partial charge in [-0.3, -0.25) is 9.36 Å². The number of hydrogen-bond acceptors (Lipinski definition) is 3. The number of anilines is 1. The van der Waals surface area contributed by atoms with Gasteiger partial charge in [-0.1, -0.05) is 25.1 Å². The highest BCUT2D eigenvalue weighted by molar-refractivity contribution is 7.60. The van der Waals surface area contributed by atoms with E-state index >= 15 is 0 Å². The molecule has 118 valence electrons. The van der Waals surface area contributed by atoms with Crippen molar-refractivity contribution in [3.8, 4) is 0 Å². The van der Waals surface area contributed by atoms with Crippen LogP contribution >= 0.6 is 18.9 Å². The lowest BCUT2D eigenvalue weighted by molar-refractivity contribution is -0.136. The van der Waals surface area contributed by atoms with Crippen molar-refractivity contribution in [2.45, 2.75) is 25.4 Å². The summed E-state index contributed by atoms with van der Waals surface area (Å²) in [5, 5.41) is 15.4. The van der Waals surface area contributed by atoms with Crippen LogP contribution in [0.4, 0.5) is 5.69 Å². The van der Waals surface area contributed by atoms with Crippen LogP contribution < -0.4 is 5.09 Å². The molecule has 2 rings (SSSR count). The lowest BCUT2D eigenvalue weighted by Gasteiger charge is -2.24. The number of carboxylic acid groups (broad SMARTS) is 1. The first-order valence-corrected chi connectivity index (χ1v) is 9.53. The Kier molecular flexibility index (Phi) is 5.40. The highest BCUT2D eigenvalue weighted by atomic mass is 32.1. The predicted molar refractivity (Wildman–Crippen MR) is 88.6 cm³/mol. The van der Waals surface area contributed by atoms with Gasteiger partial charge < -0.3 is 15.1 Å². The van der Waals surface area contributed by atoms with Gasteiger partial charge in [0.15, 0.2) is 0 Å². The monoisotopic (exact) mass is 339 g/mol. The number of rotatable bonds is 7. The zero-order chi connectivity index (χ0) is 16.2. The lowest BCUT2D eigenvalue weighted by Crippen LogP contribution is -2.09. The smallest absolute Gasteiger partial charge is 0.307 e. The van der Waals surface area contributed by atoms with Crippen molar-refractivity contribution in [2.24, 2.45) is 0 Å². The molecule has 0 bridgehead atoms. The molecule has 22 heavy (non-hydrogen) atoms. The van der Waals surface area contributed by atoms with Crippen LogP contribution in [0.15, 0.2) is 41.1 Å². The third kappa shape index (κ3) is 3.97. The molecule has 0 saturated carbocycles. The van der Waals surface area contributed by atoms with Gasteiger partial charge in [0.05, 0.1) is 12.1 Å². The fourth-order valence-corrected chi connectivity index (χ4v) is 4.94. The summed E-state index contributed by atoms with van der Waals surface area (Å²) in [6.45, 7) is 1.86. The number of para-hydroxylation sites is 1. The highest BCUT2D eigenvalue weighted by Gasteiger charge is 2.32. The SMILES string of the molecule is CCC(c1ccsc1)P(=O)(O)Nc1ccccc1CC(=O)O. The summed E-state index contributed by atoms with van der Waals surface area (Å²) in [5.74, 6) is -0.980. The van der Waals surface area contributed by atoms with Gasteiger partial charge in [-0.25, -0.2) is 0 Å². The zero-order valence-electron chi connectivity index (χ0n) is 12.1. The molecule has 0 fully saturated rings. The zero-order valence-corrected chi connectivity index (χ0v) is 13.8. The summed E-state index contributed by atoms with van der Waals surface area (Å²) < 4.78 is 12.8. The quantitative estimate of drug-likeness (QED) is 0.661. The summed E-state index contributed by atoms with van der Waals surface area (Å²) in [7, 11) is -3.72. The minimum Gasteiger partial charge on any atom is -0.481 e. The van der Waals surface area contributed by atoms with Crippen LogP contribution in [0.2, 0.25) is 0 Å². The Labute approximate surface area is 133 Å². The highest BCUT2D eigenvalue weighted by Crippen LogP contribution is 2.57. The maximum atomic E-state index is 12.8. The molecule has 1 aromatic heterocycles. The molecule has 7 heteroatoms. The first-order chi connectivity index (χ1) is 10.4. The number of thiophene rings is 1. The molecule has 0 spiro atoms. The van der Waals surface area contributed by atoms with Crippen LogP contribution in [0, 0.1) is 0 Å². The van der Waals surface area contributed by atoms with Crippen molar-refractivity contribution in [3.05, 3.63) is 52.2 Å². The van der Waals surface area contributed by atoms with Crippen LogP contribution in [0.1, 0.15) is 30.1 Å². The summed E-state index contributed by atoms with van der Waals surface area (Å²) in [5.41, 5.74) is 1.19. The molecule has 1 aromatic carbocycles. The van der Waals surface area contributed by atoms with E-state index in [1.807, 2.05) is 23.8 Å². The second-order valence-electron chi connectivity index (χ2n) is 4.94. The van der Waals surface area contributed by atoms with E-state index < -0.39 is 19.1 Å². The maximum Gasteiger partial charge on any atom is 0.307 e. The molecule has 0 saturated heterocycles. The van der Waals surface area contributed by atoms with Gasteiger partial charge in [0.1, 0.15) is 0 Å². The molecular weight excluding hydrogens is 321 g/mol. The molecular formula is C15H18NO4PS. The summed E-state index contributed by atoms with van der Waals surface area (Å²) in [4.78, 5) is 21.4. The van der Waals surface area contributed by atoms with Crippen LogP contribution in [0.5, 0.6) is 0 Å². The van der Waals surface area contributed by atoms with E-state index in [1.54, 1.807) is 24.3 Å². The van der Waals surface area contributed by atoms with Crippen LogP contribution in [0.3, 0.4) is 0 Å². The number of carboxylic acids is 1. The van der Waals surface area contributed by atoms with Gasteiger partial charge >= 0.3 is 5.97 Å². The normalized spacial score (nSPS) is 15.0. The van der Waals surface area contributed by atoms with E-state index in [2.05, 4.69) is 5.09 Å². The lowest BCUT2D eigenvalue weighted by atomic mass is 10.1. The van der Waals surface area contributed by atoms with Gasteiger partial charge in [-0.05, 0) is 40.4 Å². The van der Waals surface area contributed by atoms with Crippen molar-refractivity contribution in [1.82, 2.24) is 0 Å². The van der Waals surface area contributed by atoms with E-state index in [-0.39, 0.29) is 6.42 Å². The van der Waals surface area contributed by atoms with Crippen molar-refractivity contribution in [3.63, 3.8) is 0 Å². The maximum absolute atomic E-state index is 12.8. The van der Waals surface area contributed by atoms with E-state index in [1.165, 1.54) is 11.3 Å². The molecule has 2 unspecified atom stereocenters. The average molecular weight is 339 g/mol. The van der Waals surface area contributed by atoms with Crippen molar-refractivity contribution >= 4 is 30.5 Å². The number of hydrogen-bond donors (Lipinski definition) is 3. The van der Waals surface area contributed by atoms with Gasteiger partial charge in [0, 0.05) is 5.69 Å². The first-order valence-electron chi connectivity index (χ1n) is 6.86. The predicted octanol–water partition coefficient (Wildman–Crippen LogP) is 4.12. The fraction of sp³-hybridized carbons (Fsp3) is 0.267. The molecule has 2 aromatic rings. The topological polar surface area (TPSA) is 86.6 Å². The summed E-state index contributed by atoms with van der Waals surface area (Å²) >= 11 is 1.48. The summed E-state index contributed by atoms with van der Waals surface area (Å²) in [6, 6.07) is 8.52. The molecule has 0 radical (unpaired) electrons. The molecule has 0 aliphatic heterocycles. The average Bonchev–Trinajstić information content (AvgIpc) is 2.94. The van der Waals surface area contributed by atoms with Crippen LogP contribution in [0.25, 0.3) is 0 Å². The van der Waals surface area contributed by atoms with E-state index in [4.69, 9.17) is 5.11 Å². The molecule has 3 N–H and O–H groups in total. The largest absolute Gasteiger partial charge is 0.481 e. The number of benzene rings is 1. The fourth-order valence-electron chi connectivity index (χ4n) is 2.35. The van der Waals surface area contributed by atoms with Gasteiger partial charge in [-0.15, -0.1) is 0 Å². The molecule has 1 heterocycles. The Hall–Kier alpha value is -1.62. The van der Waals surface area contributed by atoms with Crippen molar-refractivity contribution in [2.75, 3.05) is 5.09 Å². The minimum atomic E-state index is -3.72. The molecule has 0 aliphatic rings. The Balaban J connectivity index is 2.28. The van der Waals surface area contributed by atoms with Crippen molar-refractivity contribution in [1.29, 1.82) is 0 Å². The van der Waals surface area contributed by atoms with Crippen molar-refractivity contribution < 1.29 is 19.4 Å². The Morgan fingerprint density at radius 3 is 2.68 bits per heavy atom. The van der Waals surface area contributed by atoms with Gasteiger partial charge in [-0.2, -0.15) is 11.3 Å². The minimum absolute atomic E-state index is 0.196. The van der Waals surface area contributed by atoms with Crippen LogP contribution in [-0.2, 0) is 15.8 Å². The number of aliphatic carboxylic acids is 1. The number of nitrogens with one attached hydrogen (secondary N) is 1. The Morgan fingerprint density at radius 1 is 1.36 bits per heavy atom. The van der Waals surface area contributed by atoms with Gasteiger partial charge in [0.25, 0.3) is 7.52 Å². The number of carbonyl (C=O) groups is 1. The molecule has 0 aliphatic carbocycles. The van der Waals surface area contributed by atoms with Crippen LogP contribution in [-0.4, -0.2) is 16.0 Å². The second kappa shape index (κ2) is 7.09. The third-order valence-electron chi connectivity index (χ3n) is 3.38. The molecule has 5 nitrogen and oxygen atoms in total. The van der Waals surface area contributed by atoms with E-state index in [9.17, 15) is 14.3 Å². The van der Waals surface area contributed by atoms with E-state index in [0.717, 1.165) is 5.56 Å². The summed E-state index contributed by atoms with van der Waals surface area (Å²) in [6.07, 6.45) is 0.316. The molecule has 0 amide bonds. The first kappa shape index (κ1) is 16.7. The third-order valence-corrected chi connectivity index (χ3v) is 6.15. The Bertz CT molecular complexity index is 687. The molecule has 2 atom stereocenters. The Morgan fingerprint density at radius 2 is 2.09 bits per heavy atom. The van der Waals surface area contributed by atoms with E-state index in [0.29, 0.717) is 17.7 Å². The van der Waals surface area contributed by atoms with Gasteiger partial charge in [0.2, 0.25) is 0 Å².